The summed E-state index contributed by atoms with van der Waals surface area (Å²) in [6.45, 7) is 3.77. The van der Waals surface area contributed by atoms with Crippen LogP contribution in [-0.2, 0) is 14.9 Å². The molecule has 0 bridgehead atoms. The lowest BCUT2D eigenvalue weighted by Gasteiger charge is -2.34. The molecular formula is C22H25N5O4S. The van der Waals surface area contributed by atoms with Crippen molar-refractivity contribution in [2.45, 2.75) is 17.7 Å². The second kappa shape index (κ2) is 8.10. The van der Waals surface area contributed by atoms with Gasteiger partial charge in [-0.15, -0.1) is 0 Å². The minimum Gasteiger partial charge on any atom is -0.379 e. The molecule has 5 rings (SSSR count). The Hall–Kier alpha value is -3.11. The molecule has 10 heteroatoms. The number of nitrogens with zero attached hydrogens (tertiary/aromatic N) is 3. The summed E-state index contributed by atoms with van der Waals surface area (Å²) in [5, 5.41) is 2.75. The van der Waals surface area contributed by atoms with Gasteiger partial charge < -0.3 is 19.0 Å². The van der Waals surface area contributed by atoms with Crippen molar-refractivity contribution in [3.63, 3.8) is 0 Å². The average molecular weight is 456 g/mol. The lowest BCUT2D eigenvalue weighted by molar-refractivity contribution is -0.117. The van der Waals surface area contributed by atoms with Gasteiger partial charge in [-0.2, -0.15) is 8.42 Å². The second-order valence-corrected chi connectivity index (χ2v) is 9.90. The quantitative estimate of drug-likeness (QED) is 0.550. The molecule has 1 aromatic heterocycles. The van der Waals surface area contributed by atoms with Crippen molar-refractivity contribution in [1.29, 1.82) is 0 Å². The molecule has 0 atom stereocenters. The molecule has 2 N–H and O–H groups in total. The summed E-state index contributed by atoms with van der Waals surface area (Å²) >= 11 is 0. The van der Waals surface area contributed by atoms with Crippen LogP contribution in [0.5, 0.6) is 5.75 Å². The van der Waals surface area contributed by atoms with Crippen LogP contribution in [0.1, 0.15) is 12.8 Å². The normalized spacial score (nSPS) is 17.5. The van der Waals surface area contributed by atoms with Crippen LogP contribution in [0.25, 0.3) is 11.0 Å². The van der Waals surface area contributed by atoms with Gasteiger partial charge in [0.15, 0.2) is 0 Å². The Morgan fingerprint density at radius 1 is 1.09 bits per heavy atom. The third-order valence-corrected chi connectivity index (χ3v) is 7.10. The fourth-order valence-electron chi connectivity index (χ4n) is 3.73. The largest absolute Gasteiger partial charge is 0.379 e. The summed E-state index contributed by atoms with van der Waals surface area (Å²) in [5.74, 6) is 0.527. The van der Waals surface area contributed by atoms with Crippen molar-refractivity contribution < 1.29 is 17.4 Å². The van der Waals surface area contributed by atoms with E-state index in [2.05, 4.69) is 32.1 Å². The van der Waals surface area contributed by atoms with Crippen molar-refractivity contribution in [1.82, 2.24) is 14.9 Å². The van der Waals surface area contributed by atoms with Crippen LogP contribution in [0.3, 0.4) is 0 Å². The Labute approximate surface area is 186 Å². The molecule has 1 saturated carbocycles. The highest BCUT2D eigenvalue weighted by Crippen LogP contribution is 2.30. The highest BCUT2D eigenvalue weighted by atomic mass is 32.2. The number of likely N-dealkylation sites (N-methyl/N-ethyl adjacent to an activating group) is 1. The predicted molar refractivity (Wildman–Crippen MR) is 121 cm³/mol. The van der Waals surface area contributed by atoms with Gasteiger partial charge in [0, 0.05) is 43.9 Å². The van der Waals surface area contributed by atoms with E-state index in [0.29, 0.717) is 17.0 Å². The lowest BCUT2D eigenvalue weighted by atomic mass is 10.2. The topological polar surface area (TPSA) is 108 Å². The number of imidazole rings is 1. The maximum atomic E-state index is 12.8. The molecule has 9 nitrogen and oxygen atoms in total. The first-order valence-corrected chi connectivity index (χ1v) is 12.1. The highest BCUT2D eigenvalue weighted by Gasteiger charge is 2.30. The molecule has 2 fully saturated rings. The monoisotopic (exact) mass is 455 g/mol. The van der Waals surface area contributed by atoms with E-state index in [4.69, 9.17) is 4.18 Å². The van der Waals surface area contributed by atoms with E-state index in [0.717, 1.165) is 44.7 Å². The number of anilines is 2. The number of piperazine rings is 1. The Kier molecular flexibility index (Phi) is 5.26. The number of benzene rings is 2. The molecule has 1 saturated heterocycles. The van der Waals surface area contributed by atoms with Crippen molar-refractivity contribution >= 4 is 38.7 Å². The van der Waals surface area contributed by atoms with Crippen LogP contribution < -0.4 is 14.4 Å². The van der Waals surface area contributed by atoms with Crippen molar-refractivity contribution in [2.75, 3.05) is 43.4 Å². The van der Waals surface area contributed by atoms with E-state index in [1.54, 1.807) is 30.3 Å². The molecule has 0 spiro atoms. The van der Waals surface area contributed by atoms with Gasteiger partial charge in [-0.1, -0.05) is 0 Å². The molecular weight excluding hydrogens is 430 g/mol. The summed E-state index contributed by atoms with van der Waals surface area (Å²) < 4.78 is 30.9. The maximum Gasteiger partial charge on any atom is 0.339 e. The van der Waals surface area contributed by atoms with E-state index in [-0.39, 0.29) is 22.5 Å². The molecule has 3 aromatic rings. The van der Waals surface area contributed by atoms with Gasteiger partial charge in [0.1, 0.15) is 10.6 Å². The van der Waals surface area contributed by atoms with Crippen molar-refractivity contribution in [3.8, 4) is 5.75 Å². The van der Waals surface area contributed by atoms with Gasteiger partial charge >= 0.3 is 10.1 Å². The molecule has 0 radical (unpaired) electrons. The number of hydrogen-bond acceptors (Lipinski definition) is 7. The molecule has 2 aliphatic rings. The number of H-pyrrole nitrogens is 1. The second-order valence-electron chi connectivity index (χ2n) is 8.35. The Morgan fingerprint density at radius 2 is 1.81 bits per heavy atom. The summed E-state index contributed by atoms with van der Waals surface area (Å²) in [6, 6.07) is 11.5. The Bertz CT molecular complexity index is 1240. The van der Waals surface area contributed by atoms with Crippen molar-refractivity contribution in [2.24, 2.45) is 5.92 Å². The molecule has 2 aromatic carbocycles. The first-order chi connectivity index (χ1) is 15.4. The molecule has 2 heterocycles. The van der Waals surface area contributed by atoms with Crippen LogP contribution >= 0.6 is 0 Å². The number of nitrogens with one attached hydrogen (secondary N) is 2. The summed E-state index contributed by atoms with van der Waals surface area (Å²) in [5.41, 5.74) is 2.18. The lowest BCUT2D eigenvalue weighted by Crippen LogP contribution is -2.44. The van der Waals surface area contributed by atoms with Crippen LogP contribution in [0.4, 0.5) is 11.6 Å². The van der Waals surface area contributed by atoms with Gasteiger partial charge in [-0.05, 0) is 56.3 Å². The third kappa shape index (κ3) is 4.42. The smallest absolute Gasteiger partial charge is 0.339 e. The first kappa shape index (κ1) is 20.8. The zero-order chi connectivity index (χ0) is 22.3. The zero-order valence-electron chi connectivity index (χ0n) is 17.7. The van der Waals surface area contributed by atoms with Crippen LogP contribution in [0, 0.1) is 5.92 Å². The fraction of sp³-hybridized carbons (Fsp3) is 0.364. The third-order valence-electron chi connectivity index (χ3n) is 5.84. The van der Waals surface area contributed by atoms with E-state index in [1.165, 1.54) is 0 Å². The molecule has 168 valence electrons. The minimum atomic E-state index is -3.98. The number of aromatic amines is 1. The van der Waals surface area contributed by atoms with Crippen LogP contribution in [-0.4, -0.2) is 62.4 Å². The van der Waals surface area contributed by atoms with Gasteiger partial charge in [-0.3, -0.25) is 10.1 Å². The Morgan fingerprint density at radius 3 is 2.50 bits per heavy atom. The Balaban J connectivity index is 1.29. The standard InChI is InChI=1S/C22H25N5O4S/c1-26-10-12-27(13-11-26)16-4-7-18(8-5-16)32(29,30)31-17-6-9-19-20(14-17)24-22(23-19)25-21(28)15-2-3-15/h4-9,14-15H,2-3,10-13H2,1H3,(H2,23,24,25,28). The van der Waals surface area contributed by atoms with Crippen LogP contribution in [0.2, 0.25) is 0 Å². The number of carbonyl (C=O) groups is 1. The molecule has 0 unspecified atom stereocenters. The van der Waals surface area contributed by atoms with Gasteiger partial charge in [0.2, 0.25) is 11.9 Å². The molecule has 32 heavy (non-hydrogen) atoms. The van der Waals surface area contributed by atoms with E-state index < -0.39 is 10.1 Å². The predicted octanol–water partition coefficient (Wildman–Crippen LogP) is 2.43. The summed E-state index contributed by atoms with van der Waals surface area (Å²) in [7, 11) is -1.89. The number of rotatable bonds is 6. The van der Waals surface area contributed by atoms with E-state index in [9.17, 15) is 13.2 Å². The SMILES string of the molecule is CN1CCN(c2ccc(S(=O)(=O)Oc3ccc4nc(NC(=O)C5CC5)[nH]c4c3)cc2)CC1. The number of hydrogen-bond donors (Lipinski definition) is 2. The molecule has 1 aliphatic carbocycles. The fourth-order valence-corrected chi connectivity index (χ4v) is 4.65. The number of aromatic nitrogens is 2. The van der Waals surface area contributed by atoms with Crippen molar-refractivity contribution in [3.05, 3.63) is 42.5 Å². The minimum absolute atomic E-state index is 0.0527. The van der Waals surface area contributed by atoms with Crippen LogP contribution in [0.15, 0.2) is 47.4 Å². The maximum absolute atomic E-state index is 12.8. The summed E-state index contributed by atoms with van der Waals surface area (Å²) in [6.07, 6.45) is 1.80. The molecule has 1 amide bonds. The highest BCUT2D eigenvalue weighted by molar-refractivity contribution is 7.87. The van der Waals surface area contributed by atoms with E-state index in [1.807, 2.05) is 12.1 Å². The van der Waals surface area contributed by atoms with E-state index >= 15 is 0 Å². The summed E-state index contributed by atoms with van der Waals surface area (Å²) in [4.78, 5) is 23.8. The average Bonchev–Trinajstić information content (AvgIpc) is 3.55. The van der Waals surface area contributed by atoms with Gasteiger partial charge in [0.05, 0.1) is 11.0 Å². The number of fused-ring (bicyclic) bond motifs is 1. The first-order valence-electron chi connectivity index (χ1n) is 10.7. The van der Waals surface area contributed by atoms with Gasteiger partial charge in [0.25, 0.3) is 0 Å². The zero-order valence-corrected chi connectivity index (χ0v) is 18.6. The van der Waals surface area contributed by atoms with Gasteiger partial charge in [-0.25, -0.2) is 4.98 Å². The number of amides is 1. The number of carbonyl (C=O) groups excluding carboxylic acids is 1. The molecule has 1 aliphatic heterocycles.